The molecule has 0 aromatic heterocycles. The van der Waals surface area contributed by atoms with Crippen molar-refractivity contribution in [3.8, 4) is 0 Å². The zero-order chi connectivity index (χ0) is 12.6. The highest BCUT2D eigenvalue weighted by Gasteiger charge is 2.41. The van der Waals surface area contributed by atoms with Crippen LogP contribution in [0.3, 0.4) is 0 Å². The third kappa shape index (κ3) is 2.25. The number of fused-ring (bicyclic) bond motifs is 2. The van der Waals surface area contributed by atoms with E-state index in [1.54, 1.807) is 0 Å². The van der Waals surface area contributed by atoms with Crippen molar-refractivity contribution < 1.29 is 0 Å². The summed E-state index contributed by atoms with van der Waals surface area (Å²) in [7, 11) is 2.31. The second-order valence-corrected chi connectivity index (χ2v) is 6.50. The van der Waals surface area contributed by atoms with Gasteiger partial charge in [-0.3, -0.25) is 9.80 Å². The minimum absolute atomic E-state index is 0.172. The molecule has 0 saturated carbocycles. The molecule has 0 amide bonds. The summed E-state index contributed by atoms with van der Waals surface area (Å²) in [5.74, 6) is 0.620. The molecule has 0 radical (unpaired) electrons. The minimum atomic E-state index is 0.172. The van der Waals surface area contributed by atoms with E-state index in [1.807, 2.05) is 0 Å². The molecule has 3 unspecified atom stereocenters. The van der Waals surface area contributed by atoms with Gasteiger partial charge in [0.15, 0.2) is 0 Å². The molecule has 3 atom stereocenters. The third-order valence-corrected chi connectivity index (χ3v) is 5.53. The Labute approximate surface area is 106 Å². The molecule has 0 aliphatic carbocycles. The molecule has 2 bridgehead atoms. The van der Waals surface area contributed by atoms with Crippen LogP contribution in [0, 0.1) is 5.92 Å². The number of hydrogen-bond acceptors (Lipinski definition) is 3. The van der Waals surface area contributed by atoms with E-state index >= 15 is 0 Å². The summed E-state index contributed by atoms with van der Waals surface area (Å²) in [5, 5.41) is 0. The highest BCUT2D eigenvalue weighted by atomic mass is 15.3. The van der Waals surface area contributed by atoms with Gasteiger partial charge in [-0.2, -0.15) is 0 Å². The summed E-state index contributed by atoms with van der Waals surface area (Å²) in [6, 6.07) is 1.58. The largest absolute Gasteiger partial charge is 0.329 e. The van der Waals surface area contributed by atoms with Crippen LogP contribution < -0.4 is 5.73 Å². The molecule has 2 N–H and O–H groups in total. The van der Waals surface area contributed by atoms with Crippen LogP contribution in [-0.4, -0.2) is 54.1 Å². The van der Waals surface area contributed by atoms with Crippen LogP contribution in [0.4, 0.5) is 0 Å². The lowest BCUT2D eigenvalue weighted by Gasteiger charge is -2.44. The Morgan fingerprint density at radius 3 is 2.47 bits per heavy atom. The molecule has 100 valence electrons. The van der Waals surface area contributed by atoms with Gasteiger partial charge in [-0.1, -0.05) is 13.8 Å². The van der Waals surface area contributed by atoms with Crippen molar-refractivity contribution in [1.82, 2.24) is 9.80 Å². The van der Waals surface area contributed by atoms with Crippen molar-refractivity contribution in [2.45, 2.75) is 57.7 Å². The number of likely N-dealkylation sites (tertiary alicyclic amines) is 1. The lowest BCUT2D eigenvalue weighted by Crippen LogP contribution is -2.57. The summed E-state index contributed by atoms with van der Waals surface area (Å²) in [6.45, 7) is 10.2. The van der Waals surface area contributed by atoms with Crippen LogP contribution in [-0.2, 0) is 0 Å². The van der Waals surface area contributed by atoms with Crippen LogP contribution >= 0.6 is 0 Å². The molecule has 2 fully saturated rings. The van der Waals surface area contributed by atoms with Crippen molar-refractivity contribution in [3.05, 3.63) is 0 Å². The maximum Gasteiger partial charge on any atom is 0.0327 e. The van der Waals surface area contributed by atoms with Crippen molar-refractivity contribution in [3.63, 3.8) is 0 Å². The maximum absolute atomic E-state index is 6.07. The average molecular weight is 239 g/mol. The van der Waals surface area contributed by atoms with Gasteiger partial charge in [-0.15, -0.1) is 0 Å². The van der Waals surface area contributed by atoms with Crippen molar-refractivity contribution >= 4 is 0 Å². The number of likely N-dealkylation sites (N-methyl/N-ethyl adjacent to an activating group) is 1. The molecular weight excluding hydrogens is 210 g/mol. The van der Waals surface area contributed by atoms with Crippen LogP contribution in [0.25, 0.3) is 0 Å². The number of nitrogens with two attached hydrogens (primary N) is 1. The Kier molecular flexibility index (Phi) is 3.81. The van der Waals surface area contributed by atoms with E-state index in [4.69, 9.17) is 5.73 Å². The first kappa shape index (κ1) is 13.3. The fraction of sp³-hybridized carbons (Fsp3) is 1.00. The number of rotatable bonds is 3. The second-order valence-electron chi connectivity index (χ2n) is 6.50. The van der Waals surface area contributed by atoms with E-state index in [0.29, 0.717) is 5.92 Å². The van der Waals surface area contributed by atoms with Crippen molar-refractivity contribution in [2.75, 3.05) is 26.7 Å². The molecule has 2 saturated heterocycles. The number of nitrogens with zero attached hydrogens (tertiary/aromatic N) is 2. The lowest BCUT2D eigenvalue weighted by atomic mass is 9.85. The van der Waals surface area contributed by atoms with Gasteiger partial charge in [0.25, 0.3) is 0 Å². The molecule has 2 heterocycles. The molecule has 3 nitrogen and oxygen atoms in total. The molecule has 0 aromatic rings. The Bertz CT molecular complexity index is 266. The fourth-order valence-electron chi connectivity index (χ4n) is 3.50. The van der Waals surface area contributed by atoms with Crippen LogP contribution in [0.5, 0.6) is 0 Å². The first-order valence-corrected chi connectivity index (χ1v) is 7.16. The first-order valence-electron chi connectivity index (χ1n) is 7.16. The topological polar surface area (TPSA) is 32.5 Å². The molecule has 2 aliphatic heterocycles. The van der Waals surface area contributed by atoms with Crippen LogP contribution in [0.15, 0.2) is 0 Å². The van der Waals surface area contributed by atoms with E-state index in [2.05, 4.69) is 37.6 Å². The normalized spacial score (nSPS) is 34.9. The summed E-state index contributed by atoms with van der Waals surface area (Å²) in [4.78, 5) is 5.27. The molecule has 3 heteroatoms. The van der Waals surface area contributed by atoms with E-state index in [9.17, 15) is 0 Å². The van der Waals surface area contributed by atoms with E-state index in [0.717, 1.165) is 18.6 Å². The van der Waals surface area contributed by atoms with Crippen molar-refractivity contribution in [1.29, 1.82) is 0 Å². The van der Waals surface area contributed by atoms with E-state index in [-0.39, 0.29) is 5.54 Å². The van der Waals surface area contributed by atoms with E-state index in [1.165, 1.54) is 32.4 Å². The monoisotopic (exact) mass is 239 g/mol. The van der Waals surface area contributed by atoms with Crippen LogP contribution in [0.2, 0.25) is 0 Å². The van der Waals surface area contributed by atoms with Gasteiger partial charge in [0.2, 0.25) is 0 Å². The third-order valence-electron chi connectivity index (χ3n) is 5.53. The SMILES string of the molecule is CC(C)C(C)(CN)N1CCC2CCC(C1)N2C. The van der Waals surface area contributed by atoms with Crippen LogP contribution in [0.1, 0.15) is 40.0 Å². The Morgan fingerprint density at radius 1 is 1.24 bits per heavy atom. The summed E-state index contributed by atoms with van der Waals surface area (Å²) < 4.78 is 0. The lowest BCUT2D eigenvalue weighted by molar-refractivity contribution is 0.0583. The fourth-order valence-corrected chi connectivity index (χ4v) is 3.50. The predicted molar refractivity (Wildman–Crippen MR) is 73.1 cm³/mol. The Balaban J connectivity index is 2.12. The van der Waals surface area contributed by atoms with Gasteiger partial charge in [0, 0.05) is 37.3 Å². The van der Waals surface area contributed by atoms with Gasteiger partial charge in [0.05, 0.1) is 0 Å². The average Bonchev–Trinajstić information content (AvgIpc) is 2.51. The summed E-state index contributed by atoms with van der Waals surface area (Å²) in [6.07, 6.45) is 4.09. The molecule has 2 aliphatic rings. The smallest absolute Gasteiger partial charge is 0.0327 e. The molecular formula is C14H29N3. The molecule has 2 rings (SSSR count). The van der Waals surface area contributed by atoms with Gasteiger partial charge in [-0.05, 0) is 39.2 Å². The van der Waals surface area contributed by atoms with Gasteiger partial charge >= 0.3 is 0 Å². The summed E-state index contributed by atoms with van der Waals surface area (Å²) in [5.41, 5.74) is 6.24. The zero-order valence-electron chi connectivity index (χ0n) is 11.9. The van der Waals surface area contributed by atoms with Crippen molar-refractivity contribution in [2.24, 2.45) is 11.7 Å². The Hall–Kier alpha value is -0.120. The van der Waals surface area contributed by atoms with Gasteiger partial charge in [0.1, 0.15) is 0 Å². The molecule has 17 heavy (non-hydrogen) atoms. The highest BCUT2D eigenvalue weighted by Crippen LogP contribution is 2.33. The first-order chi connectivity index (χ1) is 7.99. The molecule has 0 aromatic carbocycles. The van der Waals surface area contributed by atoms with Gasteiger partial charge < -0.3 is 5.73 Å². The second kappa shape index (κ2) is 4.87. The maximum atomic E-state index is 6.07. The Morgan fingerprint density at radius 2 is 1.88 bits per heavy atom. The predicted octanol–water partition coefficient (Wildman–Crippen LogP) is 1.53. The minimum Gasteiger partial charge on any atom is -0.329 e. The standard InChI is InChI=1S/C14H29N3/c1-11(2)14(3,10-15)17-8-7-12-5-6-13(9-17)16(12)4/h11-13H,5-10,15H2,1-4H3. The van der Waals surface area contributed by atoms with Gasteiger partial charge in [-0.25, -0.2) is 0 Å². The highest BCUT2D eigenvalue weighted by molar-refractivity contribution is 4.98. The van der Waals surface area contributed by atoms with E-state index < -0.39 is 0 Å². The zero-order valence-corrected chi connectivity index (χ0v) is 11.9. The summed E-state index contributed by atoms with van der Waals surface area (Å²) >= 11 is 0. The number of hydrogen-bond donors (Lipinski definition) is 1. The quantitative estimate of drug-likeness (QED) is 0.810. The molecule has 0 spiro atoms.